The number of carbonyl (C=O) groups excluding carboxylic acids is 1. The largest absolute Gasteiger partial charge is 0.303 e. The van der Waals surface area contributed by atoms with Gasteiger partial charge in [0.05, 0.1) is 0 Å². The van der Waals surface area contributed by atoms with Crippen LogP contribution in [0.15, 0.2) is 0 Å². The second kappa shape index (κ2) is 2.37. The van der Waals surface area contributed by atoms with E-state index in [-0.39, 0.29) is 10.8 Å². The first-order valence-corrected chi connectivity index (χ1v) is 3.98. The molecule has 0 spiro atoms. The molecule has 0 aromatic carbocycles. The normalized spacial score (nSPS) is 32.5. The molecule has 0 aromatic heterocycles. The van der Waals surface area contributed by atoms with E-state index in [2.05, 4.69) is 19.8 Å². The standard InChI is InChI=1S/C10H14O/c1-4-5-6-10(8-11)7-9(10,2)3/h1,8H,5-7H2,2-3H3. The van der Waals surface area contributed by atoms with Gasteiger partial charge in [0.15, 0.2) is 0 Å². The highest BCUT2D eigenvalue weighted by Crippen LogP contribution is 2.64. The second-order valence-electron chi connectivity index (χ2n) is 4.04. The first kappa shape index (κ1) is 8.33. The van der Waals surface area contributed by atoms with E-state index in [0.29, 0.717) is 0 Å². The number of rotatable bonds is 3. The van der Waals surface area contributed by atoms with Crippen LogP contribution in [0.5, 0.6) is 0 Å². The summed E-state index contributed by atoms with van der Waals surface area (Å²) in [4.78, 5) is 10.7. The fraction of sp³-hybridized carbons (Fsp3) is 0.700. The summed E-state index contributed by atoms with van der Waals surface area (Å²) in [7, 11) is 0. The minimum Gasteiger partial charge on any atom is -0.303 e. The molecule has 1 saturated carbocycles. The Morgan fingerprint density at radius 2 is 2.18 bits per heavy atom. The molecule has 1 aliphatic rings. The average Bonchev–Trinajstić information content (AvgIpc) is 2.50. The Morgan fingerprint density at radius 3 is 2.45 bits per heavy atom. The van der Waals surface area contributed by atoms with Crippen molar-refractivity contribution in [3.63, 3.8) is 0 Å². The molecule has 0 amide bonds. The fourth-order valence-electron chi connectivity index (χ4n) is 1.73. The van der Waals surface area contributed by atoms with Crippen LogP contribution in [-0.4, -0.2) is 6.29 Å². The monoisotopic (exact) mass is 150 g/mol. The zero-order valence-electron chi connectivity index (χ0n) is 7.18. The molecule has 0 aromatic rings. The van der Waals surface area contributed by atoms with Crippen LogP contribution in [0.1, 0.15) is 33.1 Å². The highest BCUT2D eigenvalue weighted by molar-refractivity contribution is 5.66. The molecule has 0 bridgehead atoms. The predicted octanol–water partition coefficient (Wildman–Crippen LogP) is 2.01. The van der Waals surface area contributed by atoms with Crippen molar-refractivity contribution in [2.75, 3.05) is 0 Å². The van der Waals surface area contributed by atoms with Crippen LogP contribution in [0.3, 0.4) is 0 Å². The molecule has 1 atom stereocenters. The number of terminal acetylenes is 1. The van der Waals surface area contributed by atoms with Crippen LogP contribution in [0.2, 0.25) is 0 Å². The maximum Gasteiger partial charge on any atom is 0.126 e. The van der Waals surface area contributed by atoms with Gasteiger partial charge in [0.2, 0.25) is 0 Å². The van der Waals surface area contributed by atoms with E-state index in [0.717, 1.165) is 25.5 Å². The van der Waals surface area contributed by atoms with Gasteiger partial charge in [-0.25, -0.2) is 0 Å². The number of carbonyl (C=O) groups is 1. The third kappa shape index (κ3) is 1.18. The fourth-order valence-corrected chi connectivity index (χ4v) is 1.73. The molecule has 1 nitrogen and oxygen atoms in total. The van der Waals surface area contributed by atoms with E-state index in [9.17, 15) is 4.79 Å². The lowest BCUT2D eigenvalue weighted by Gasteiger charge is -2.10. The van der Waals surface area contributed by atoms with Crippen LogP contribution in [0, 0.1) is 23.2 Å². The number of aldehydes is 1. The third-order valence-corrected chi connectivity index (χ3v) is 2.92. The Balaban J connectivity index is 2.55. The van der Waals surface area contributed by atoms with Gasteiger partial charge in [-0.1, -0.05) is 13.8 Å². The summed E-state index contributed by atoms with van der Waals surface area (Å²) >= 11 is 0. The van der Waals surface area contributed by atoms with Crippen LogP contribution >= 0.6 is 0 Å². The highest BCUT2D eigenvalue weighted by Gasteiger charge is 2.60. The molecule has 1 aliphatic carbocycles. The molecule has 60 valence electrons. The van der Waals surface area contributed by atoms with Crippen LogP contribution < -0.4 is 0 Å². The number of hydrogen-bond acceptors (Lipinski definition) is 1. The maximum atomic E-state index is 10.7. The predicted molar refractivity (Wildman–Crippen MR) is 45.0 cm³/mol. The van der Waals surface area contributed by atoms with Gasteiger partial charge in [-0.15, -0.1) is 12.3 Å². The van der Waals surface area contributed by atoms with E-state index in [1.54, 1.807) is 0 Å². The van der Waals surface area contributed by atoms with Gasteiger partial charge in [-0.05, 0) is 18.3 Å². The molecule has 1 unspecified atom stereocenters. The lowest BCUT2D eigenvalue weighted by Crippen LogP contribution is -2.09. The molecule has 0 N–H and O–H groups in total. The molecule has 1 rings (SSSR count). The second-order valence-corrected chi connectivity index (χ2v) is 4.04. The van der Waals surface area contributed by atoms with Gasteiger partial charge in [-0.2, -0.15) is 0 Å². The van der Waals surface area contributed by atoms with Gasteiger partial charge < -0.3 is 4.79 Å². The molecular formula is C10H14O. The lowest BCUT2D eigenvalue weighted by atomic mass is 9.93. The van der Waals surface area contributed by atoms with Crippen LogP contribution in [0.25, 0.3) is 0 Å². The summed E-state index contributed by atoms with van der Waals surface area (Å²) in [6.07, 6.45) is 8.82. The molecule has 0 saturated heterocycles. The van der Waals surface area contributed by atoms with E-state index >= 15 is 0 Å². The summed E-state index contributed by atoms with van der Waals surface area (Å²) in [5.41, 5.74) is 0.116. The van der Waals surface area contributed by atoms with Crippen LogP contribution in [0.4, 0.5) is 0 Å². The molecule has 1 heteroatoms. The Labute approximate surface area is 68.2 Å². The van der Waals surface area contributed by atoms with Crippen molar-refractivity contribution in [3.05, 3.63) is 0 Å². The number of hydrogen-bond donors (Lipinski definition) is 0. The van der Waals surface area contributed by atoms with Crippen molar-refractivity contribution in [3.8, 4) is 12.3 Å². The van der Waals surface area contributed by atoms with Crippen molar-refractivity contribution < 1.29 is 4.79 Å². The smallest absolute Gasteiger partial charge is 0.126 e. The zero-order valence-corrected chi connectivity index (χ0v) is 7.18. The maximum absolute atomic E-state index is 10.7. The quantitative estimate of drug-likeness (QED) is 0.444. The summed E-state index contributed by atoms with van der Waals surface area (Å²) < 4.78 is 0. The Morgan fingerprint density at radius 1 is 1.64 bits per heavy atom. The molecule has 0 heterocycles. The van der Waals surface area contributed by atoms with E-state index in [4.69, 9.17) is 6.42 Å². The van der Waals surface area contributed by atoms with Crippen molar-refractivity contribution in [2.45, 2.75) is 33.1 Å². The molecule has 0 aliphatic heterocycles. The van der Waals surface area contributed by atoms with Gasteiger partial charge in [-0.3, -0.25) is 0 Å². The van der Waals surface area contributed by atoms with Gasteiger partial charge >= 0.3 is 0 Å². The average molecular weight is 150 g/mol. The van der Waals surface area contributed by atoms with E-state index in [1.165, 1.54) is 0 Å². The highest BCUT2D eigenvalue weighted by atomic mass is 16.1. The SMILES string of the molecule is C#CCCC1(C=O)CC1(C)C. The van der Waals surface area contributed by atoms with Crippen molar-refractivity contribution in [1.82, 2.24) is 0 Å². The molecule has 0 radical (unpaired) electrons. The van der Waals surface area contributed by atoms with Crippen molar-refractivity contribution in [2.24, 2.45) is 10.8 Å². The van der Waals surface area contributed by atoms with Gasteiger partial charge in [0.1, 0.15) is 6.29 Å². The van der Waals surface area contributed by atoms with E-state index < -0.39 is 0 Å². The van der Waals surface area contributed by atoms with Gasteiger partial charge in [0.25, 0.3) is 0 Å². The molecular weight excluding hydrogens is 136 g/mol. The first-order chi connectivity index (χ1) is 5.08. The van der Waals surface area contributed by atoms with Crippen molar-refractivity contribution in [1.29, 1.82) is 0 Å². The Kier molecular flexibility index (Phi) is 1.80. The van der Waals surface area contributed by atoms with E-state index in [1.807, 2.05) is 0 Å². The first-order valence-electron chi connectivity index (χ1n) is 3.98. The molecule has 11 heavy (non-hydrogen) atoms. The Bertz CT molecular complexity index is 209. The summed E-state index contributed by atoms with van der Waals surface area (Å²) in [6.45, 7) is 4.25. The van der Waals surface area contributed by atoms with Crippen LogP contribution in [-0.2, 0) is 4.79 Å². The Hall–Kier alpha value is -0.770. The van der Waals surface area contributed by atoms with Crippen molar-refractivity contribution >= 4 is 6.29 Å². The summed E-state index contributed by atoms with van der Waals surface area (Å²) in [6, 6.07) is 0. The summed E-state index contributed by atoms with van der Waals surface area (Å²) in [5, 5.41) is 0. The lowest BCUT2D eigenvalue weighted by molar-refractivity contribution is -0.113. The zero-order chi connectivity index (χ0) is 8.54. The van der Waals surface area contributed by atoms with Gasteiger partial charge in [0, 0.05) is 11.8 Å². The minimum absolute atomic E-state index is 0.0840. The summed E-state index contributed by atoms with van der Waals surface area (Å²) in [5.74, 6) is 2.58. The third-order valence-electron chi connectivity index (χ3n) is 2.92. The topological polar surface area (TPSA) is 17.1 Å². The minimum atomic E-state index is -0.0840. The molecule has 1 fully saturated rings.